The summed E-state index contributed by atoms with van der Waals surface area (Å²) in [5, 5.41) is 0. The number of amides is 1. The highest BCUT2D eigenvalue weighted by Crippen LogP contribution is 2.25. The Kier molecular flexibility index (Phi) is 4.62. The number of imidazole rings is 1. The molecule has 0 radical (unpaired) electrons. The van der Waals surface area contributed by atoms with Crippen molar-refractivity contribution in [3.05, 3.63) is 17.7 Å². The summed E-state index contributed by atoms with van der Waals surface area (Å²) < 4.78 is 11.7. The van der Waals surface area contributed by atoms with Crippen LogP contribution in [-0.4, -0.2) is 53.2 Å². The molecule has 0 N–H and O–H groups in total. The molecule has 1 amide bonds. The summed E-state index contributed by atoms with van der Waals surface area (Å²) in [7, 11) is 2.78. The molecule has 0 fully saturated rings. The number of methoxy groups -OCH3 is 2. The van der Waals surface area contributed by atoms with Crippen LogP contribution in [0.5, 0.6) is 0 Å². The largest absolute Gasteiger partial charge is 0.467 e. The molecule has 0 aromatic carbocycles. The van der Waals surface area contributed by atoms with Gasteiger partial charge in [-0.1, -0.05) is 0 Å². The Morgan fingerprint density at radius 1 is 1.43 bits per heavy atom. The maximum absolute atomic E-state index is 12.2. The zero-order valence-electron chi connectivity index (χ0n) is 12.8. The second kappa shape index (κ2) is 6.26. The van der Waals surface area contributed by atoms with E-state index in [1.54, 1.807) is 6.33 Å². The predicted molar refractivity (Wildman–Crippen MR) is 74.5 cm³/mol. The third-order valence-corrected chi connectivity index (χ3v) is 3.68. The van der Waals surface area contributed by atoms with Gasteiger partial charge in [0, 0.05) is 19.6 Å². The first-order valence-corrected chi connectivity index (χ1v) is 6.90. The quantitative estimate of drug-likeness (QED) is 0.758. The van der Waals surface area contributed by atoms with E-state index in [0.29, 0.717) is 13.0 Å². The van der Waals surface area contributed by atoms with Crippen LogP contribution in [0.3, 0.4) is 0 Å². The molecule has 0 unspecified atom stereocenters. The summed E-state index contributed by atoms with van der Waals surface area (Å²) in [5.41, 5.74) is 1.81. The molecule has 7 nitrogen and oxygen atoms in total. The summed E-state index contributed by atoms with van der Waals surface area (Å²) in [6.07, 6.45) is 2.13. The monoisotopic (exact) mass is 295 g/mol. The molecular formula is C14H21N3O4. The van der Waals surface area contributed by atoms with Crippen molar-refractivity contribution in [2.75, 3.05) is 20.8 Å². The van der Waals surface area contributed by atoms with Gasteiger partial charge in [0.25, 0.3) is 0 Å². The predicted octanol–water partition coefficient (Wildman–Crippen LogP) is 0.537. The van der Waals surface area contributed by atoms with Gasteiger partial charge in [-0.25, -0.2) is 9.78 Å². The Hall–Kier alpha value is -1.89. The highest BCUT2D eigenvalue weighted by Gasteiger charge is 2.37. The Bertz CT molecular complexity index is 538. The maximum Gasteiger partial charge on any atom is 0.329 e. The van der Waals surface area contributed by atoms with E-state index < -0.39 is 12.0 Å². The maximum atomic E-state index is 12.2. The molecule has 0 aliphatic carbocycles. The number of carbonyl (C=O) groups excluding carboxylic acids is 2. The average molecular weight is 295 g/mol. The van der Waals surface area contributed by atoms with Crippen LogP contribution in [0, 0.1) is 0 Å². The summed E-state index contributed by atoms with van der Waals surface area (Å²) in [6, 6.07) is -0.393. The molecule has 116 valence electrons. The van der Waals surface area contributed by atoms with E-state index in [2.05, 4.69) is 18.8 Å². The molecule has 2 heterocycles. The third-order valence-electron chi connectivity index (χ3n) is 3.68. The van der Waals surface area contributed by atoms with Gasteiger partial charge in [0.05, 0.1) is 31.4 Å². The van der Waals surface area contributed by atoms with Crippen LogP contribution in [0.15, 0.2) is 6.33 Å². The SMILES string of the molecule is COCC(=O)N1Cc2c(ncn2C(C)C)C[C@H]1C(=O)OC. The van der Waals surface area contributed by atoms with Crippen LogP contribution in [-0.2, 0) is 32.0 Å². The van der Waals surface area contributed by atoms with E-state index in [-0.39, 0.29) is 18.6 Å². The fourth-order valence-electron chi connectivity index (χ4n) is 2.59. The first-order valence-electron chi connectivity index (χ1n) is 6.90. The molecule has 1 aromatic heterocycles. The molecular weight excluding hydrogens is 274 g/mol. The van der Waals surface area contributed by atoms with Gasteiger partial charge in [0.15, 0.2) is 0 Å². The van der Waals surface area contributed by atoms with Crippen molar-refractivity contribution in [1.29, 1.82) is 0 Å². The second-order valence-corrected chi connectivity index (χ2v) is 5.34. The van der Waals surface area contributed by atoms with E-state index >= 15 is 0 Å². The number of rotatable bonds is 4. The molecule has 0 bridgehead atoms. The number of nitrogens with zero attached hydrogens (tertiary/aromatic N) is 3. The lowest BCUT2D eigenvalue weighted by Gasteiger charge is -2.34. The Morgan fingerprint density at radius 2 is 2.14 bits per heavy atom. The Labute approximate surface area is 123 Å². The average Bonchev–Trinajstić information content (AvgIpc) is 2.88. The van der Waals surface area contributed by atoms with Gasteiger partial charge in [-0.15, -0.1) is 0 Å². The highest BCUT2D eigenvalue weighted by atomic mass is 16.5. The lowest BCUT2D eigenvalue weighted by Crippen LogP contribution is -2.50. The minimum atomic E-state index is -0.638. The number of esters is 1. The van der Waals surface area contributed by atoms with Gasteiger partial charge in [0.1, 0.15) is 12.6 Å². The Morgan fingerprint density at radius 3 is 2.71 bits per heavy atom. The minimum Gasteiger partial charge on any atom is -0.467 e. The third kappa shape index (κ3) is 2.92. The van der Waals surface area contributed by atoms with Gasteiger partial charge < -0.3 is 18.9 Å². The van der Waals surface area contributed by atoms with Crippen LogP contribution < -0.4 is 0 Å². The van der Waals surface area contributed by atoms with Crippen LogP contribution in [0.2, 0.25) is 0 Å². The molecule has 0 saturated carbocycles. The normalized spacial score (nSPS) is 17.8. The van der Waals surface area contributed by atoms with Crippen LogP contribution >= 0.6 is 0 Å². The van der Waals surface area contributed by atoms with E-state index in [9.17, 15) is 9.59 Å². The van der Waals surface area contributed by atoms with Crippen molar-refractivity contribution in [1.82, 2.24) is 14.5 Å². The summed E-state index contributed by atoms with van der Waals surface area (Å²) >= 11 is 0. The Balaban J connectivity index is 2.34. The van der Waals surface area contributed by atoms with Crippen molar-refractivity contribution >= 4 is 11.9 Å². The van der Waals surface area contributed by atoms with Crippen molar-refractivity contribution < 1.29 is 19.1 Å². The number of aromatic nitrogens is 2. The zero-order chi connectivity index (χ0) is 15.6. The smallest absolute Gasteiger partial charge is 0.329 e. The minimum absolute atomic E-state index is 0.0569. The van der Waals surface area contributed by atoms with E-state index in [1.807, 2.05) is 4.57 Å². The fraction of sp³-hybridized carbons (Fsp3) is 0.643. The number of carbonyl (C=O) groups is 2. The van der Waals surface area contributed by atoms with Gasteiger partial charge >= 0.3 is 5.97 Å². The van der Waals surface area contributed by atoms with E-state index in [1.165, 1.54) is 19.1 Å². The molecule has 7 heteroatoms. The van der Waals surface area contributed by atoms with Crippen LogP contribution in [0.25, 0.3) is 0 Å². The van der Waals surface area contributed by atoms with Crippen molar-refractivity contribution in [3.8, 4) is 0 Å². The molecule has 0 spiro atoms. The first kappa shape index (κ1) is 15.5. The lowest BCUT2D eigenvalue weighted by atomic mass is 10.0. The van der Waals surface area contributed by atoms with Gasteiger partial charge in [0.2, 0.25) is 5.91 Å². The van der Waals surface area contributed by atoms with Crippen LogP contribution in [0.1, 0.15) is 31.3 Å². The van der Waals surface area contributed by atoms with Gasteiger partial charge in [-0.05, 0) is 13.8 Å². The number of hydrogen-bond donors (Lipinski definition) is 0. The topological polar surface area (TPSA) is 73.7 Å². The van der Waals surface area contributed by atoms with Crippen LogP contribution in [0.4, 0.5) is 0 Å². The second-order valence-electron chi connectivity index (χ2n) is 5.34. The van der Waals surface area contributed by atoms with Crippen molar-refractivity contribution in [2.24, 2.45) is 0 Å². The van der Waals surface area contributed by atoms with Crippen molar-refractivity contribution in [3.63, 3.8) is 0 Å². The molecule has 1 aliphatic rings. The number of ether oxygens (including phenoxy) is 2. The van der Waals surface area contributed by atoms with E-state index in [0.717, 1.165) is 11.4 Å². The van der Waals surface area contributed by atoms with E-state index in [4.69, 9.17) is 9.47 Å². The first-order chi connectivity index (χ1) is 9.99. The van der Waals surface area contributed by atoms with Gasteiger partial charge in [-0.2, -0.15) is 0 Å². The lowest BCUT2D eigenvalue weighted by molar-refractivity contribution is -0.155. The number of fused-ring (bicyclic) bond motifs is 1. The standard InChI is InChI=1S/C14H21N3O4/c1-9(2)17-8-15-10-5-11(14(19)21-4)16(6-12(10)17)13(18)7-20-3/h8-9,11H,5-7H2,1-4H3/t11-/m0/s1. The summed E-state index contributed by atoms with van der Waals surface area (Å²) in [5.74, 6) is -0.653. The highest BCUT2D eigenvalue weighted by molar-refractivity contribution is 5.85. The molecule has 1 atom stereocenters. The van der Waals surface area contributed by atoms with Crippen molar-refractivity contribution in [2.45, 2.75) is 38.9 Å². The summed E-state index contributed by atoms with van der Waals surface area (Å²) in [4.78, 5) is 30.0. The zero-order valence-corrected chi connectivity index (χ0v) is 12.8. The summed E-state index contributed by atoms with van der Waals surface area (Å²) in [6.45, 7) is 4.39. The molecule has 2 rings (SSSR count). The molecule has 21 heavy (non-hydrogen) atoms. The molecule has 1 aliphatic heterocycles. The number of hydrogen-bond acceptors (Lipinski definition) is 5. The molecule has 0 saturated heterocycles. The van der Waals surface area contributed by atoms with Gasteiger partial charge in [-0.3, -0.25) is 4.79 Å². The fourth-order valence-corrected chi connectivity index (χ4v) is 2.59. The molecule has 1 aromatic rings.